The number of methoxy groups -OCH3 is 1. The molecule has 0 amide bonds. The first-order valence-electron chi connectivity index (χ1n) is 6.42. The van der Waals surface area contributed by atoms with Crippen molar-refractivity contribution in [2.24, 2.45) is 10.1 Å². The molecule has 0 aliphatic carbocycles. The van der Waals surface area contributed by atoms with Crippen molar-refractivity contribution in [1.82, 2.24) is 5.43 Å². The van der Waals surface area contributed by atoms with E-state index < -0.39 is 0 Å². The van der Waals surface area contributed by atoms with E-state index in [0.717, 1.165) is 22.2 Å². The molecule has 0 aliphatic rings. The van der Waals surface area contributed by atoms with Gasteiger partial charge in [0.25, 0.3) is 0 Å². The lowest BCUT2D eigenvalue weighted by atomic mass is 10.2. The highest BCUT2D eigenvalue weighted by Crippen LogP contribution is 2.12. The fourth-order valence-electron chi connectivity index (χ4n) is 1.59. The number of thioether (sulfide) groups is 1. The Morgan fingerprint density at radius 3 is 2.36 bits per heavy atom. The third kappa shape index (κ3) is 6.07. The first kappa shape index (κ1) is 18.5. The summed E-state index contributed by atoms with van der Waals surface area (Å²) in [4.78, 5) is 4.47. The van der Waals surface area contributed by atoms with Crippen molar-refractivity contribution in [2.75, 3.05) is 13.4 Å². The van der Waals surface area contributed by atoms with E-state index in [4.69, 9.17) is 4.74 Å². The van der Waals surface area contributed by atoms with Crippen LogP contribution in [0.5, 0.6) is 5.75 Å². The number of nitrogens with zero attached hydrogens (tertiary/aromatic N) is 2. The van der Waals surface area contributed by atoms with E-state index in [1.807, 2.05) is 60.9 Å². The Morgan fingerprint density at radius 1 is 1.09 bits per heavy atom. The van der Waals surface area contributed by atoms with E-state index in [9.17, 15) is 0 Å². The molecule has 0 heterocycles. The molecule has 0 saturated carbocycles. The number of hydrogen-bond acceptors (Lipinski definition) is 4. The summed E-state index contributed by atoms with van der Waals surface area (Å²) in [6.07, 6.45) is 3.70. The smallest absolute Gasteiger partial charge is 0.182 e. The van der Waals surface area contributed by atoms with Crippen molar-refractivity contribution in [2.45, 2.75) is 0 Å². The molecule has 6 heteroatoms. The molecular weight excluding hydrogens is 409 g/mol. The van der Waals surface area contributed by atoms with Gasteiger partial charge in [0.2, 0.25) is 0 Å². The second-order valence-electron chi connectivity index (χ2n) is 4.10. The molecule has 0 atom stereocenters. The van der Waals surface area contributed by atoms with Crippen LogP contribution in [-0.2, 0) is 0 Å². The first-order chi connectivity index (χ1) is 10.3. The van der Waals surface area contributed by atoms with Gasteiger partial charge in [-0.05, 0) is 48.2 Å². The van der Waals surface area contributed by atoms with Crippen LogP contribution in [0.25, 0.3) is 0 Å². The van der Waals surface area contributed by atoms with E-state index in [1.165, 1.54) is 11.8 Å². The summed E-state index contributed by atoms with van der Waals surface area (Å²) >= 11 is 1.51. The van der Waals surface area contributed by atoms with Crippen molar-refractivity contribution >= 4 is 52.8 Å². The molecule has 22 heavy (non-hydrogen) atoms. The van der Waals surface area contributed by atoms with Crippen molar-refractivity contribution < 1.29 is 4.74 Å². The molecule has 0 aromatic heterocycles. The van der Waals surface area contributed by atoms with Crippen molar-refractivity contribution in [3.63, 3.8) is 0 Å². The number of ether oxygens (including phenoxy) is 1. The van der Waals surface area contributed by atoms with Crippen LogP contribution < -0.4 is 10.2 Å². The number of rotatable bonds is 4. The Kier molecular flexibility index (Phi) is 8.61. The van der Waals surface area contributed by atoms with Crippen LogP contribution in [0.1, 0.15) is 5.56 Å². The second kappa shape index (κ2) is 10.2. The number of aliphatic imine (C=N–C) groups is 1. The van der Waals surface area contributed by atoms with E-state index in [1.54, 1.807) is 13.3 Å². The van der Waals surface area contributed by atoms with Crippen LogP contribution >= 0.6 is 35.7 Å². The highest BCUT2D eigenvalue weighted by Gasteiger charge is 1.95. The average molecular weight is 427 g/mol. The van der Waals surface area contributed by atoms with Crippen LogP contribution in [0.4, 0.5) is 5.69 Å². The molecule has 0 saturated heterocycles. The normalized spacial score (nSPS) is 11.1. The lowest BCUT2D eigenvalue weighted by molar-refractivity contribution is 0.415. The van der Waals surface area contributed by atoms with Crippen LogP contribution in [0.15, 0.2) is 64.7 Å². The molecule has 0 unspecified atom stereocenters. The standard InChI is InChI=1S/C16H17N3OS.HI/c1-20-15-10-8-13(9-11-15)12-17-19-16(21-2)18-14-6-4-3-5-7-14;/h3-12H,1-2H3,(H,18,19);1H. The molecule has 2 rings (SSSR count). The minimum absolute atomic E-state index is 0. The monoisotopic (exact) mass is 427 g/mol. The quantitative estimate of drug-likeness (QED) is 0.343. The topological polar surface area (TPSA) is 46.0 Å². The third-order valence-electron chi connectivity index (χ3n) is 2.67. The van der Waals surface area contributed by atoms with Gasteiger partial charge in [0.05, 0.1) is 19.0 Å². The zero-order valence-electron chi connectivity index (χ0n) is 12.4. The van der Waals surface area contributed by atoms with Crippen LogP contribution in [0.2, 0.25) is 0 Å². The van der Waals surface area contributed by atoms with Gasteiger partial charge in [-0.15, -0.1) is 24.0 Å². The molecular formula is C16H18IN3OS. The zero-order valence-corrected chi connectivity index (χ0v) is 15.5. The Labute approximate surface area is 152 Å². The summed E-state index contributed by atoms with van der Waals surface area (Å²) < 4.78 is 5.11. The van der Waals surface area contributed by atoms with Gasteiger partial charge in [-0.2, -0.15) is 5.10 Å². The summed E-state index contributed by atoms with van der Waals surface area (Å²) in [5.74, 6) is 0.829. The van der Waals surface area contributed by atoms with E-state index in [0.29, 0.717) is 0 Å². The van der Waals surface area contributed by atoms with E-state index in [2.05, 4.69) is 15.5 Å². The van der Waals surface area contributed by atoms with E-state index >= 15 is 0 Å². The Balaban J connectivity index is 0.00000242. The van der Waals surface area contributed by atoms with Crippen molar-refractivity contribution in [3.05, 3.63) is 60.2 Å². The molecule has 0 fully saturated rings. The predicted molar refractivity (Wildman–Crippen MR) is 106 cm³/mol. The maximum atomic E-state index is 5.11. The zero-order chi connectivity index (χ0) is 14.9. The van der Waals surface area contributed by atoms with Gasteiger partial charge in [-0.1, -0.05) is 30.0 Å². The van der Waals surface area contributed by atoms with Crippen LogP contribution in [0, 0.1) is 0 Å². The molecule has 2 aromatic rings. The number of halogens is 1. The Morgan fingerprint density at radius 2 is 1.77 bits per heavy atom. The third-order valence-corrected chi connectivity index (χ3v) is 3.24. The number of para-hydroxylation sites is 1. The lowest BCUT2D eigenvalue weighted by Crippen LogP contribution is -2.13. The van der Waals surface area contributed by atoms with E-state index in [-0.39, 0.29) is 24.0 Å². The minimum Gasteiger partial charge on any atom is -0.497 e. The Bertz CT molecular complexity index is 615. The van der Waals surface area contributed by atoms with Crippen LogP contribution in [0.3, 0.4) is 0 Å². The SMILES string of the molecule is COc1ccc(C=NNC(=Nc2ccccc2)SC)cc1.I. The van der Waals surface area contributed by atoms with Gasteiger partial charge in [-0.3, -0.25) is 5.43 Å². The molecule has 0 bridgehead atoms. The maximum Gasteiger partial charge on any atom is 0.182 e. The van der Waals surface area contributed by atoms with Gasteiger partial charge in [0, 0.05) is 0 Å². The number of nitrogens with one attached hydrogen (secondary N) is 1. The molecule has 4 nitrogen and oxygen atoms in total. The molecule has 0 aliphatic heterocycles. The highest BCUT2D eigenvalue weighted by molar-refractivity contribution is 14.0. The fraction of sp³-hybridized carbons (Fsp3) is 0.125. The van der Waals surface area contributed by atoms with Gasteiger partial charge in [-0.25, -0.2) is 4.99 Å². The number of amidine groups is 1. The Hall–Kier alpha value is -1.54. The van der Waals surface area contributed by atoms with Crippen molar-refractivity contribution in [3.8, 4) is 5.75 Å². The van der Waals surface area contributed by atoms with Gasteiger partial charge in [0.1, 0.15) is 5.75 Å². The molecule has 116 valence electrons. The van der Waals surface area contributed by atoms with Crippen molar-refractivity contribution in [1.29, 1.82) is 0 Å². The molecule has 0 radical (unpaired) electrons. The maximum absolute atomic E-state index is 5.11. The molecule has 2 aromatic carbocycles. The average Bonchev–Trinajstić information content (AvgIpc) is 2.55. The molecule has 0 spiro atoms. The number of hydrogen-bond donors (Lipinski definition) is 1. The van der Waals surface area contributed by atoms with Gasteiger partial charge < -0.3 is 4.74 Å². The van der Waals surface area contributed by atoms with Crippen LogP contribution in [-0.4, -0.2) is 24.7 Å². The summed E-state index contributed by atoms with van der Waals surface area (Å²) in [5.41, 5.74) is 4.83. The van der Waals surface area contributed by atoms with Gasteiger partial charge in [0.15, 0.2) is 5.17 Å². The number of hydrazone groups is 1. The first-order valence-corrected chi connectivity index (χ1v) is 7.65. The largest absolute Gasteiger partial charge is 0.497 e. The summed E-state index contributed by atoms with van der Waals surface area (Å²) in [6, 6.07) is 17.5. The predicted octanol–water partition coefficient (Wildman–Crippen LogP) is 4.29. The minimum atomic E-state index is 0. The van der Waals surface area contributed by atoms with Gasteiger partial charge >= 0.3 is 0 Å². The fourth-order valence-corrected chi connectivity index (χ4v) is 1.93. The number of benzene rings is 2. The molecule has 1 N–H and O–H groups in total. The summed E-state index contributed by atoms with van der Waals surface area (Å²) in [7, 11) is 1.65. The summed E-state index contributed by atoms with van der Waals surface area (Å²) in [5, 5.41) is 4.94. The second-order valence-corrected chi connectivity index (χ2v) is 4.89. The summed E-state index contributed by atoms with van der Waals surface area (Å²) in [6.45, 7) is 0. The highest BCUT2D eigenvalue weighted by atomic mass is 127. The lowest BCUT2D eigenvalue weighted by Gasteiger charge is -2.02.